The Morgan fingerprint density at radius 1 is 1.15 bits per heavy atom. The zero-order chi connectivity index (χ0) is 28.4. The summed E-state index contributed by atoms with van der Waals surface area (Å²) in [6.45, 7) is 12.4. The van der Waals surface area contributed by atoms with Crippen LogP contribution in [-0.4, -0.2) is 77.3 Å². The summed E-state index contributed by atoms with van der Waals surface area (Å²) in [6, 6.07) is 8.41. The van der Waals surface area contributed by atoms with Crippen LogP contribution in [-0.2, 0) is 4.79 Å². The molecule has 0 radical (unpaired) electrons. The van der Waals surface area contributed by atoms with Crippen LogP contribution in [0.15, 0.2) is 47.8 Å². The molecule has 2 N–H and O–H groups in total. The van der Waals surface area contributed by atoms with Gasteiger partial charge in [-0.1, -0.05) is 18.9 Å². The normalized spacial score (nSPS) is 18.5. The fraction of sp³-hybridized carbons (Fsp3) is 0.484. The summed E-state index contributed by atoms with van der Waals surface area (Å²) < 4.78 is 1.95. The number of rotatable bonds is 8. The molecular formula is C31H41N7O2. The first-order valence-corrected chi connectivity index (χ1v) is 14.5. The van der Waals surface area contributed by atoms with E-state index in [1.54, 1.807) is 6.20 Å². The van der Waals surface area contributed by atoms with Gasteiger partial charge in [-0.05, 0) is 76.1 Å². The zero-order valence-electron chi connectivity index (χ0n) is 24.3. The number of aromatic nitrogens is 3. The van der Waals surface area contributed by atoms with E-state index in [1.165, 1.54) is 0 Å². The maximum atomic E-state index is 13.7. The van der Waals surface area contributed by atoms with Crippen LogP contribution in [0.1, 0.15) is 63.4 Å². The van der Waals surface area contributed by atoms with Crippen molar-refractivity contribution in [2.75, 3.05) is 44.7 Å². The molecule has 1 saturated heterocycles. The number of carbonyl (C=O) groups is 2. The Morgan fingerprint density at radius 2 is 1.93 bits per heavy atom. The molecule has 2 aromatic heterocycles. The van der Waals surface area contributed by atoms with Crippen molar-refractivity contribution in [2.24, 2.45) is 0 Å². The number of amides is 2. The molecule has 40 heavy (non-hydrogen) atoms. The van der Waals surface area contributed by atoms with Gasteiger partial charge in [0.05, 0.1) is 17.3 Å². The first kappa shape index (κ1) is 27.8. The molecule has 4 heterocycles. The van der Waals surface area contributed by atoms with E-state index in [4.69, 9.17) is 0 Å². The summed E-state index contributed by atoms with van der Waals surface area (Å²) >= 11 is 0. The summed E-state index contributed by atoms with van der Waals surface area (Å²) in [4.78, 5) is 35.8. The molecule has 9 nitrogen and oxygen atoms in total. The molecule has 2 aliphatic rings. The van der Waals surface area contributed by atoms with Gasteiger partial charge in [0.25, 0.3) is 5.91 Å². The molecule has 2 aliphatic heterocycles. The van der Waals surface area contributed by atoms with Crippen molar-refractivity contribution >= 4 is 28.5 Å². The van der Waals surface area contributed by atoms with E-state index in [-0.39, 0.29) is 30.4 Å². The number of nitrogens with zero attached hydrogens (tertiary/aromatic N) is 5. The van der Waals surface area contributed by atoms with E-state index in [1.807, 2.05) is 29.9 Å². The van der Waals surface area contributed by atoms with Crippen LogP contribution in [0.25, 0.3) is 22.0 Å². The summed E-state index contributed by atoms with van der Waals surface area (Å²) in [5.41, 5.74) is 5.23. The molecule has 0 saturated carbocycles. The van der Waals surface area contributed by atoms with Crippen molar-refractivity contribution in [3.8, 4) is 11.1 Å². The predicted molar refractivity (Wildman–Crippen MR) is 160 cm³/mol. The number of hydrogen-bond acceptors (Lipinski definition) is 6. The van der Waals surface area contributed by atoms with E-state index < -0.39 is 0 Å². The molecule has 212 valence electrons. The molecule has 1 aromatic carbocycles. The average Bonchev–Trinajstić information content (AvgIpc) is 3.37. The topological polar surface area (TPSA) is 95.4 Å². The van der Waals surface area contributed by atoms with Gasteiger partial charge < -0.3 is 20.4 Å². The van der Waals surface area contributed by atoms with Gasteiger partial charge in [-0.2, -0.15) is 5.10 Å². The van der Waals surface area contributed by atoms with Crippen LogP contribution >= 0.6 is 0 Å². The molecule has 2 amide bonds. The predicted octanol–water partition coefficient (Wildman–Crippen LogP) is 4.17. The van der Waals surface area contributed by atoms with Gasteiger partial charge in [-0.15, -0.1) is 0 Å². The van der Waals surface area contributed by atoms with Crippen LogP contribution in [0.5, 0.6) is 0 Å². The molecule has 1 unspecified atom stereocenters. The van der Waals surface area contributed by atoms with Crippen LogP contribution in [0.2, 0.25) is 0 Å². The second-order valence-corrected chi connectivity index (χ2v) is 11.4. The van der Waals surface area contributed by atoms with Crippen molar-refractivity contribution < 1.29 is 9.59 Å². The highest BCUT2D eigenvalue weighted by atomic mass is 16.2. The van der Waals surface area contributed by atoms with E-state index in [0.717, 1.165) is 78.9 Å². The maximum Gasteiger partial charge on any atom is 0.252 e. The molecule has 5 rings (SSSR count). The van der Waals surface area contributed by atoms with E-state index in [9.17, 15) is 9.59 Å². The van der Waals surface area contributed by atoms with Crippen LogP contribution in [0.4, 0.5) is 5.82 Å². The Labute approximate surface area is 236 Å². The van der Waals surface area contributed by atoms with Gasteiger partial charge in [0.15, 0.2) is 0 Å². The van der Waals surface area contributed by atoms with Crippen LogP contribution in [0.3, 0.4) is 0 Å². The zero-order valence-corrected chi connectivity index (χ0v) is 24.3. The number of piperazine rings is 1. The monoisotopic (exact) mass is 543 g/mol. The fourth-order valence-corrected chi connectivity index (χ4v) is 5.76. The van der Waals surface area contributed by atoms with Gasteiger partial charge in [-0.3, -0.25) is 14.3 Å². The molecule has 1 fully saturated rings. The number of carbonyl (C=O) groups excluding carboxylic acids is 2. The molecule has 1 atom stereocenters. The molecule has 3 aromatic rings. The Bertz CT molecular complexity index is 1430. The third-order valence-electron chi connectivity index (χ3n) is 7.96. The maximum absolute atomic E-state index is 13.7. The van der Waals surface area contributed by atoms with Crippen molar-refractivity contribution in [1.82, 2.24) is 30.3 Å². The smallest absolute Gasteiger partial charge is 0.252 e. The van der Waals surface area contributed by atoms with Gasteiger partial charge in [0, 0.05) is 62.0 Å². The number of nitrogens with one attached hydrogen (secondary N) is 2. The van der Waals surface area contributed by atoms with E-state index in [2.05, 4.69) is 70.5 Å². The Hall–Kier alpha value is -3.72. The number of likely N-dealkylation sites (N-methyl/N-ethyl adjacent to an activating group) is 1. The van der Waals surface area contributed by atoms with Crippen LogP contribution in [0, 0.1) is 0 Å². The van der Waals surface area contributed by atoms with Crippen LogP contribution < -0.4 is 15.5 Å². The lowest BCUT2D eigenvalue weighted by atomic mass is 9.92. The molecular weight excluding hydrogens is 502 g/mol. The van der Waals surface area contributed by atoms with Gasteiger partial charge in [0.2, 0.25) is 5.91 Å². The van der Waals surface area contributed by atoms with E-state index in [0.29, 0.717) is 11.1 Å². The Morgan fingerprint density at radius 3 is 2.65 bits per heavy atom. The summed E-state index contributed by atoms with van der Waals surface area (Å²) in [7, 11) is 2.14. The van der Waals surface area contributed by atoms with Gasteiger partial charge >= 0.3 is 0 Å². The van der Waals surface area contributed by atoms with Gasteiger partial charge in [-0.25, -0.2) is 4.98 Å². The second kappa shape index (κ2) is 11.8. The number of benzene rings is 1. The highest BCUT2D eigenvalue weighted by Crippen LogP contribution is 2.31. The summed E-state index contributed by atoms with van der Waals surface area (Å²) in [5, 5.41) is 11.5. The standard InChI is InChI=1S/C31H41N7O2/c1-6-7-23-14-21(4)35-31(40)26(23)18-33-30(39)25-15-24(16-28-27(25)19-34-38(28)20(2)3)22-8-9-32-29(17-22)37-12-10-36(5)11-13-37/h8-9,15-17,19-21H,6-7,10-14,18H2,1-5H3,(H,33,39)(H,35,40). The third-order valence-corrected chi connectivity index (χ3v) is 7.96. The lowest BCUT2D eigenvalue weighted by molar-refractivity contribution is -0.118. The molecule has 0 bridgehead atoms. The minimum absolute atomic E-state index is 0.0813. The first-order valence-electron chi connectivity index (χ1n) is 14.5. The molecule has 0 spiro atoms. The lowest BCUT2D eigenvalue weighted by Crippen LogP contribution is -2.44. The van der Waals surface area contributed by atoms with E-state index >= 15 is 0 Å². The van der Waals surface area contributed by atoms with Gasteiger partial charge in [0.1, 0.15) is 5.82 Å². The average molecular weight is 544 g/mol. The number of hydrogen-bond donors (Lipinski definition) is 2. The third kappa shape index (κ3) is 5.75. The van der Waals surface area contributed by atoms with Crippen molar-refractivity contribution in [2.45, 2.75) is 59.0 Å². The minimum Gasteiger partial charge on any atom is -0.354 e. The number of fused-ring (bicyclic) bond motifs is 1. The highest BCUT2D eigenvalue weighted by Gasteiger charge is 2.25. The fourth-order valence-electron chi connectivity index (χ4n) is 5.76. The number of pyridine rings is 1. The van der Waals surface area contributed by atoms with Crippen molar-refractivity contribution in [3.05, 3.63) is 53.4 Å². The molecule has 9 heteroatoms. The quantitative estimate of drug-likeness (QED) is 0.443. The summed E-state index contributed by atoms with van der Waals surface area (Å²) in [6.07, 6.45) is 6.26. The number of anilines is 1. The second-order valence-electron chi connectivity index (χ2n) is 11.4. The lowest BCUT2D eigenvalue weighted by Gasteiger charge is -2.33. The Balaban J connectivity index is 1.49. The van der Waals surface area contributed by atoms with Crippen molar-refractivity contribution in [3.63, 3.8) is 0 Å². The SMILES string of the molecule is CCCC1=C(CNC(=O)c2cc(-c3ccnc(N4CCN(C)CC4)c3)cc3c2cnn3C(C)C)C(=O)NC(C)C1. The summed E-state index contributed by atoms with van der Waals surface area (Å²) in [5.74, 6) is 0.655. The largest absolute Gasteiger partial charge is 0.354 e. The molecule has 0 aliphatic carbocycles. The highest BCUT2D eigenvalue weighted by molar-refractivity contribution is 6.08. The first-order chi connectivity index (χ1) is 19.2. The van der Waals surface area contributed by atoms with Crippen molar-refractivity contribution in [1.29, 1.82) is 0 Å². The Kier molecular flexibility index (Phi) is 8.21. The minimum atomic E-state index is -0.210.